The summed E-state index contributed by atoms with van der Waals surface area (Å²) in [5, 5.41) is 0. The van der Waals surface area contributed by atoms with Gasteiger partial charge in [-0.05, 0) is 6.42 Å². The molecular weight excluding hydrogens is 300 g/mol. The first-order chi connectivity index (χ1) is 9.97. The molecular formula is C12H19ClN4O4. The van der Waals surface area contributed by atoms with Crippen LogP contribution < -0.4 is 21.9 Å². The maximum Gasteiger partial charge on any atom is 0.330 e. The summed E-state index contributed by atoms with van der Waals surface area (Å²) in [7, 11) is 1.47. The van der Waals surface area contributed by atoms with E-state index < -0.39 is 17.2 Å². The molecule has 1 amide bonds. The number of amides is 1. The number of hydrogen-bond acceptors (Lipinski definition) is 5. The van der Waals surface area contributed by atoms with E-state index in [4.69, 9.17) is 22.1 Å². The van der Waals surface area contributed by atoms with Crippen molar-refractivity contribution in [2.45, 2.75) is 19.9 Å². The van der Waals surface area contributed by atoms with Gasteiger partial charge in [-0.25, -0.2) is 4.79 Å². The summed E-state index contributed by atoms with van der Waals surface area (Å²) in [5.74, 6) is -0.858. The van der Waals surface area contributed by atoms with Crippen molar-refractivity contribution >= 4 is 29.0 Å². The number of carbonyl (C=O) groups excluding carboxylic acids is 1. The summed E-state index contributed by atoms with van der Waals surface area (Å²) in [6, 6.07) is 0. The minimum absolute atomic E-state index is 0.0554. The predicted molar refractivity (Wildman–Crippen MR) is 81.0 cm³/mol. The zero-order valence-corrected chi connectivity index (χ0v) is 12.8. The van der Waals surface area contributed by atoms with Crippen LogP contribution in [0.25, 0.3) is 0 Å². The molecule has 1 aromatic rings. The van der Waals surface area contributed by atoms with Crippen LogP contribution in [0, 0.1) is 0 Å². The summed E-state index contributed by atoms with van der Waals surface area (Å²) < 4.78 is 6.13. The van der Waals surface area contributed by atoms with Gasteiger partial charge in [0.25, 0.3) is 5.56 Å². The number of nitrogens with two attached hydrogens (primary N) is 1. The summed E-state index contributed by atoms with van der Waals surface area (Å²) in [6.45, 7) is 2.51. The van der Waals surface area contributed by atoms with Gasteiger partial charge in [0.2, 0.25) is 5.91 Å². The van der Waals surface area contributed by atoms with Crippen LogP contribution in [0.4, 0.5) is 11.5 Å². The standard InChI is InChI=1S/C12H19ClN4O4/c1-3-4-17-10(14)9(11(19)15-12(17)20)16(5-6-21-2)8(18)7-13/h3-7,14H2,1-2H3,(H,15,19,20). The summed E-state index contributed by atoms with van der Waals surface area (Å²) in [5.41, 5.74) is 4.50. The van der Waals surface area contributed by atoms with Crippen LogP contribution in [0.3, 0.4) is 0 Å². The number of nitrogen functional groups attached to an aromatic ring is 1. The number of rotatable bonds is 7. The van der Waals surface area contributed by atoms with Crippen LogP contribution in [-0.4, -0.2) is 41.6 Å². The predicted octanol–water partition coefficient (Wildman–Crippen LogP) is -0.253. The number of nitrogens with zero attached hydrogens (tertiary/aromatic N) is 2. The molecule has 1 rings (SSSR count). The molecule has 8 nitrogen and oxygen atoms in total. The number of H-pyrrole nitrogens is 1. The molecule has 0 aliphatic carbocycles. The maximum atomic E-state index is 12.0. The Hall–Kier alpha value is -1.80. The molecule has 0 saturated carbocycles. The molecule has 0 atom stereocenters. The van der Waals surface area contributed by atoms with Gasteiger partial charge in [-0.15, -0.1) is 11.6 Å². The molecule has 0 aliphatic heterocycles. The van der Waals surface area contributed by atoms with Crippen molar-refractivity contribution in [2.24, 2.45) is 0 Å². The third-order valence-electron chi connectivity index (χ3n) is 2.87. The molecule has 0 saturated heterocycles. The third kappa shape index (κ3) is 3.85. The number of alkyl halides is 1. The van der Waals surface area contributed by atoms with Crippen LogP contribution in [0.2, 0.25) is 0 Å². The first kappa shape index (κ1) is 17.3. The fourth-order valence-corrected chi connectivity index (χ4v) is 2.04. The van der Waals surface area contributed by atoms with E-state index in [9.17, 15) is 14.4 Å². The second-order valence-electron chi connectivity index (χ2n) is 4.32. The SMILES string of the molecule is CCCn1c(N)c(N(CCOC)C(=O)CCl)c(=O)[nH]c1=O. The first-order valence-corrected chi connectivity index (χ1v) is 6.99. The van der Waals surface area contributed by atoms with Crippen LogP contribution in [0.15, 0.2) is 9.59 Å². The summed E-state index contributed by atoms with van der Waals surface area (Å²) in [4.78, 5) is 39.0. The molecule has 9 heteroatoms. The molecule has 1 heterocycles. The van der Waals surface area contributed by atoms with Gasteiger partial charge in [-0.1, -0.05) is 6.92 Å². The smallest absolute Gasteiger partial charge is 0.330 e. The van der Waals surface area contributed by atoms with Gasteiger partial charge in [0.1, 0.15) is 11.7 Å². The van der Waals surface area contributed by atoms with E-state index in [2.05, 4.69) is 4.98 Å². The normalized spacial score (nSPS) is 10.6. The number of anilines is 2. The molecule has 0 aromatic carbocycles. The van der Waals surface area contributed by atoms with Gasteiger partial charge in [0, 0.05) is 20.2 Å². The Labute approximate surface area is 126 Å². The Kier molecular flexibility index (Phi) is 6.44. The van der Waals surface area contributed by atoms with E-state index in [-0.39, 0.29) is 30.5 Å². The molecule has 3 N–H and O–H groups in total. The average Bonchev–Trinajstić information content (AvgIpc) is 2.45. The van der Waals surface area contributed by atoms with Crippen LogP contribution in [0.1, 0.15) is 13.3 Å². The number of methoxy groups -OCH3 is 1. The highest BCUT2D eigenvalue weighted by Crippen LogP contribution is 2.17. The highest BCUT2D eigenvalue weighted by Gasteiger charge is 2.23. The number of aromatic amines is 1. The topological polar surface area (TPSA) is 110 Å². The summed E-state index contributed by atoms with van der Waals surface area (Å²) in [6.07, 6.45) is 0.650. The molecule has 0 bridgehead atoms. The van der Waals surface area contributed by atoms with Gasteiger partial charge in [0.15, 0.2) is 5.69 Å². The number of carbonyl (C=O) groups is 1. The van der Waals surface area contributed by atoms with E-state index in [1.165, 1.54) is 11.7 Å². The Morgan fingerprint density at radius 2 is 2.14 bits per heavy atom. The van der Waals surface area contributed by atoms with Crippen molar-refractivity contribution in [1.82, 2.24) is 9.55 Å². The lowest BCUT2D eigenvalue weighted by Gasteiger charge is -2.23. The molecule has 0 fully saturated rings. The minimum atomic E-state index is -0.723. The number of hydrogen-bond donors (Lipinski definition) is 2. The van der Waals surface area contributed by atoms with Gasteiger partial charge in [-0.2, -0.15) is 0 Å². The molecule has 0 aliphatic rings. The molecule has 0 spiro atoms. The van der Waals surface area contributed by atoms with E-state index >= 15 is 0 Å². The summed E-state index contributed by atoms with van der Waals surface area (Å²) >= 11 is 5.56. The van der Waals surface area contributed by atoms with Crippen LogP contribution in [0.5, 0.6) is 0 Å². The Bertz CT molecular complexity index is 610. The lowest BCUT2D eigenvalue weighted by molar-refractivity contribution is -0.116. The molecule has 21 heavy (non-hydrogen) atoms. The monoisotopic (exact) mass is 318 g/mol. The number of halogens is 1. The molecule has 0 radical (unpaired) electrons. The Morgan fingerprint density at radius 3 is 2.67 bits per heavy atom. The number of nitrogens with one attached hydrogen (secondary N) is 1. The average molecular weight is 319 g/mol. The second kappa shape index (κ2) is 7.84. The lowest BCUT2D eigenvalue weighted by atomic mass is 10.3. The van der Waals surface area contributed by atoms with Crippen molar-refractivity contribution in [3.8, 4) is 0 Å². The fourth-order valence-electron chi connectivity index (χ4n) is 1.90. The van der Waals surface area contributed by atoms with E-state index in [1.807, 2.05) is 6.92 Å². The van der Waals surface area contributed by atoms with Crippen LogP contribution in [-0.2, 0) is 16.1 Å². The quantitative estimate of drug-likeness (QED) is 0.673. The molecule has 118 valence electrons. The maximum absolute atomic E-state index is 12.0. The fraction of sp³-hybridized carbons (Fsp3) is 0.583. The van der Waals surface area contributed by atoms with Crippen molar-refractivity contribution in [3.63, 3.8) is 0 Å². The second-order valence-corrected chi connectivity index (χ2v) is 4.58. The highest BCUT2D eigenvalue weighted by molar-refractivity contribution is 6.29. The van der Waals surface area contributed by atoms with E-state index in [1.54, 1.807) is 0 Å². The zero-order valence-electron chi connectivity index (χ0n) is 12.0. The minimum Gasteiger partial charge on any atom is -0.383 e. The van der Waals surface area contributed by atoms with Gasteiger partial charge in [-0.3, -0.25) is 19.1 Å². The van der Waals surface area contributed by atoms with Crippen molar-refractivity contribution < 1.29 is 9.53 Å². The molecule has 1 aromatic heterocycles. The molecule has 0 unspecified atom stereocenters. The van der Waals surface area contributed by atoms with Crippen LogP contribution >= 0.6 is 11.6 Å². The lowest BCUT2D eigenvalue weighted by Crippen LogP contribution is -2.43. The van der Waals surface area contributed by atoms with E-state index in [0.717, 1.165) is 4.90 Å². The van der Waals surface area contributed by atoms with E-state index in [0.29, 0.717) is 13.0 Å². The highest BCUT2D eigenvalue weighted by atomic mass is 35.5. The van der Waals surface area contributed by atoms with Crippen molar-refractivity contribution in [2.75, 3.05) is 36.8 Å². The zero-order chi connectivity index (χ0) is 16.0. The first-order valence-electron chi connectivity index (χ1n) is 6.45. The Morgan fingerprint density at radius 1 is 1.48 bits per heavy atom. The van der Waals surface area contributed by atoms with Gasteiger partial charge < -0.3 is 15.4 Å². The van der Waals surface area contributed by atoms with Crippen molar-refractivity contribution in [3.05, 3.63) is 20.8 Å². The largest absolute Gasteiger partial charge is 0.383 e. The van der Waals surface area contributed by atoms with Gasteiger partial charge >= 0.3 is 5.69 Å². The number of ether oxygens (including phenoxy) is 1. The van der Waals surface area contributed by atoms with Crippen molar-refractivity contribution in [1.29, 1.82) is 0 Å². The van der Waals surface area contributed by atoms with Gasteiger partial charge in [0.05, 0.1) is 6.61 Å². The Balaban J connectivity index is 3.42. The number of aromatic nitrogens is 2. The third-order valence-corrected chi connectivity index (χ3v) is 3.09.